The van der Waals surface area contributed by atoms with Crippen LogP contribution in [0, 0.1) is 6.92 Å². The van der Waals surface area contributed by atoms with E-state index in [4.69, 9.17) is 9.98 Å². The summed E-state index contributed by atoms with van der Waals surface area (Å²) in [6.45, 7) is 14.6. The number of thiophene rings is 1. The molecule has 0 aliphatic rings. The van der Waals surface area contributed by atoms with E-state index in [1.807, 2.05) is 42.5 Å². The van der Waals surface area contributed by atoms with Gasteiger partial charge < -0.3 is 0 Å². The summed E-state index contributed by atoms with van der Waals surface area (Å²) in [7, 11) is 0. The van der Waals surface area contributed by atoms with Gasteiger partial charge in [0.1, 0.15) is 0 Å². The highest BCUT2D eigenvalue weighted by atomic mass is 32.1. The molecule has 0 aliphatic heterocycles. The van der Waals surface area contributed by atoms with Crippen molar-refractivity contribution in [3.05, 3.63) is 198 Å². The zero-order valence-electron chi connectivity index (χ0n) is 27.1. The lowest BCUT2D eigenvalue weighted by atomic mass is 9.92. The fourth-order valence-corrected chi connectivity index (χ4v) is 7.03. The molecule has 6 aromatic rings. The van der Waals surface area contributed by atoms with Gasteiger partial charge in [-0.05, 0) is 65.6 Å². The SMILES string of the molecule is C=C/C=C\C(=C(\C=C)Cc1ccc(C/N=C(\N=C(/N=C)c2cccc3c2sc2ccccc23)c2ccccc2)cc1)c1ccccc1C. The zero-order valence-corrected chi connectivity index (χ0v) is 28.0. The first-order chi connectivity index (χ1) is 23.6. The Balaban J connectivity index is 1.31. The minimum absolute atomic E-state index is 0.478. The van der Waals surface area contributed by atoms with Crippen LogP contribution in [0.3, 0.4) is 0 Å². The second kappa shape index (κ2) is 15.3. The van der Waals surface area contributed by atoms with E-state index in [9.17, 15) is 0 Å². The number of allylic oxidation sites excluding steroid dienone is 6. The van der Waals surface area contributed by atoms with Gasteiger partial charge in [-0.3, -0.25) is 4.99 Å². The predicted molar refractivity (Wildman–Crippen MR) is 210 cm³/mol. The van der Waals surface area contributed by atoms with E-state index in [1.54, 1.807) is 17.4 Å². The molecule has 6 rings (SSSR count). The van der Waals surface area contributed by atoms with Gasteiger partial charge in [-0.25, -0.2) is 9.98 Å². The second-order valence-corrected chi connectivity index (χ2v) is 12.5. The maximum Gasteiger partial charge on any atom is 0.162 e. The molecular formula is C44H37N3S. The Kier molecular flexibility index (Phi) is 10.2. The maximum absolute atomic E-state index is 5.03. The van der Waals surface area contributed by atoms with Crippen LogP contribution in [0.1, 0.15) is 33.4 Å². The summed E-state index contributed by atoms with van der Waals surface area (Å²) in [6.07, 6.45) is 8.63. The first-order valence-corrected chi connectivity index (χ1v) is 16.8. The summed E-state index contributed by atoms with van der Waals surface area (Å²) < 4.78 is 2.38. The van der Waals surface area contributed by atoms with E-state index >= 15 is 0 Å². The third kappa shape index (κ3) is 7.15. The second-order valence-electron chi connectivity index (χ2n) is 11.4. The van der Waals surface area contributed by atoms with Gasteiger partial charge in [0.25, 0.3) is 0 Å². The molecule has 234 valence electrons. The number of aliphatic imine (C=N–C) groups is 3. The number of hydrogen-bond acceptors (Lipinski definition) is 2. The predicted octanol–water partition coefficient (Wildman–Crippen LogP) is 11.4. The van der Waals surface area contributed by atoms with E-state index in [1.165, 1.54) is 32.2 Å². The third-order valence-corrected chi connectivity index (χ3v) is 9.51. The summed E-state index contributed by atoms with van der Waals surface area (Å²) in [5.41, 5.74) is 8.91. The van der Waals surface area contributed by atoms with Crippen LogP contribution in [0.25, 0.3) is 25.7 Å². The molecule has 48 heavy (non-hydrogen) atoms. The highest BCUT2D eigenvalue weighted by Gasteiger charge is 2.14. The number of aryl methyl sites for hydroxylation is 1. The summed E-state index contributed by atoms with van der Waals surface area (Å²) in [5.74, 6) is 1.18. The van der Waals surface area contributed by atoms with Crippen LogP contribution >= 0.6 is 11.3 Å². The van der Waals surface area contributed by atoms with E-state index < -0.39 is 0 Å². The molecule has 0 fully saturated rings. The van der Waals surface area contributed by atoms with Crippen LogP contribution in [-0.2, 0) is 13.0 Å². The lowest BCUT2D eigenvalue weighted by Gasteiger charge is -2.13. The average molecular weight is 640 g/mol. The normalized spacial score (nSPS) is 12.8. The Labute approximate surface area is 287 Å². The Bertz CT molecular complexity index is 2230. The molecule has 4 heteroatoms. The smallest absolute Gasteiger partial charge is 0.162 e. The van der Waals surface area contributed by atoms with Crippen LogP contribution in [0.2, 0.25) is 0 Å². The van der Waals surface area contributed by atoms with E-state index in [2.05, 4.69) is 129 Å². The standard InChI is InChI=1S/C44H37N3S/c1-5-7-19-37(36-20-12-11-16-31(36)3)34(6-2)29-32-25-27-33(28-26-32)30-46-43(35-17-9-8-10-18-35)47-44(45-4)40-23-15-22-39-38-21-13-14-24-41(38)48-42(39)40/h5-28H,1-2,4,29-30H2,3H3/b19-7-,37-34+,46-43-,47-44-. The molecule has 0 bridgehead atoms. The number of rotatable bonds is 10. The quantitative estimate of drug-likeness (QED) is 0.0812. The summed E-state index contributed by atoms with van der Waals surface area (Å²) in [4.78, 5) is 14.5. The van der Waals surface area contributed by atoms with Gasteiger partial charge in [0.2, 0.25) is 0 Å². The van der Waals surface area contributed by atoms with Gasteiger partial charge in [-0.15, -0.1) is 11.3 Å². The van der Waals surface area contributed by atoms with Gasteiger partial charge in [0, 0.05) is 31.3 Å². The Morgan fingerprint density at radius 1 is 0.708 bits per heavy atom. The largest absolute Gasteiger partial charge is 0.261 e. The molecular weight excluding hydrogens is 603 g/mol. The lowest BCUT2D eigenvalue weighted by molar-refractivity contribution is 1.05. The van der Waals surface area contributed by atoms with Crippen molar-refractivity contribution in [1.29, 1.82) is 0 Å². The first kappa shape index (κ1) is 32.2. The van der Waals surface area contributed by atoms with Crippen molar-refractivity contribution in [3.63, 3.8) is 0 Å². The Morgan fingerprint density at radius 3 is 2.15 bits per heavy atom. The summed E-state index contributed by atoms with van der Waals surface area (Å²) in [6, 6.07) is 41.9. The van der Waals surface area contributed by atoms with Crippen molar-refractivity contribution in [2.75, 3.05) is 0 Å². The molecule has 1 aromatic heterocycles. The van der Waals surface area contributed by atoms with Crippen molar-refractivity contribution < 1.29 is 0 Å². The fraction of sp³-hybridized carbons (Fsp3) is 0.0682. The Hall–Kier alpha value is -5.71. The van der Waals surface area contributed by atoms with Gasteiger partial charge >= 0.3 is 0 Å². The minimum atomic E-state index is 0.478. The zero-order chi connectivity index (χ0) is 33.3. The molecule has 0 unspecified atom stereocenters. The third-order valence-electron chi connectivity index (χ3n) is 8.29. The van der Waals surface area contributed by atoms with Gasteiger partial charge in [-0.1, -0.05) is 147 Å². The van der Waals surface area contributed by atoms with Crippen LogP contribution in [-0.4, -0.2) is 18.4 Å². The van der Waals surface area contributed by atoms with Crippen LogP contribution in [0.4, 0.5) is 0 Å². The van der Waals surface area contributed by atoms with Crippen molar-refractivity contribution >= 4 is 55.5 Å². The maximum atomic E-state index is 5.03. The number of benzene rings is 5. The number of nitrogens with zero attached hydrogens (tertiary/aromatic N) is 3. The molecule has 3 nitrogen and oxygen atoms in total. The van der Waals surface area contributed by atoms with Crippen molar-refractivity contribution in [3.8, 4) is 0 Å². The molecule has 0 saturated heterocycles. The molecule has 0 atom stereocenters. The highest BCUT2D eigenvalue weighted by Crippen LogP contribution is 2.36. The highest BCUT2D eigenvalue weighted by molar-refractivity contribution is 7.26. The molecule has 0 spiro atoms. The number of hydrogen-bond donors (Lipinski definition) is 0. The van der Waals surface area contributed by atoms with Gasteiger partial charge in [0.05, 0.1) is 6.54 Å². The van der Waals surface area contributed by atoms with E-state index in [0.29, 0.717) is 18.2 Å². The molecule has 5 aromatic carbocycles. The van der Waals surface area contributed by atoms with Crippen molar-refractivity contribution in [2.45, 2.75) is 19.9 Å². The number of amidine groups is 2. The molecule has 0 N–H and O–H groups in total. The monoisotopic (exact) mass is 639 g/mol. The van der Waals surface area contributed by atoms with Gasteiger partial charge in [0.15, 0.2) is 11.7 Å². The molecule has 1 heterocycles. The van der Waals surface area contributed by atoms with Crippen molar-refractivity contribution in [2.24, 2.45) is 15.0 Å². The first-order valence-electron chi connectivity index (χ1n) is 15.9. The fourth-order valence-electron chi connectivity index (χ4n) is 5.82. The van der Waals surface area contributed by atoms with E-state index in [0.717, 1.165) is 39.0 Å². The Morgan fingerprint density at radius 2 is 1.40 bits per heavy atom. The molecule has 0 aliphatic carbocycles. The molecule has 0 amide bonds. The van der Waals surface area contributed by atoms with E-state index in [-0.39, 0.29) is 0 Å². The lowest BCUT2D eigenvalue weighted by Crippen LogP contribution is -2.05. The average Bonchev–Trinajstić information content (AvgIpc) is 3.52. The molecule has 0 radical (unpaired) electrons. The minimum Gasteiger partial charge on any atom is -0.261 e. The topological polar surface area (TPSA) is 37.1 Å². The summed E-state index contributed by atoms with van der Waals surface area (Å²) in [5, 5.41) is 2.43. The van der Waals surface area contributed by atoms with Crippen LogP contribution < -0.4 is 0 Å². The van der Waals surface area contributed by atoms with Gasteiger partial charge in [-0.2, -0.15) is 0 Å². The summed E-state index contributed by atoms with van der Waals surface area (Å²) >= 11 is 1.75. The van der Waals surface area contributed by atoms with Crippen LogP contribution in [0.15, 0.2) is 179 Å². The molecule has 0 saturated carbocycles. The number of fused-ring (bicyclic) bond motifs is 3. The van der Waals surface area contributed by atoms with Crippen molar-refractivity contribution in [1.82, 2.24) is 0 Å². The van der Waals surface area contributed by atoms with Crippen LogP contribution in [0.5, 0.6) is 0 Å².